The van der Waals surface area contributed by atoms with Crippen LogP contribution < -0.4 is 5.32 Å². The molecule has 1 aromatic carbocycles. The topological polar surface area (TPSA) is 68.8 Å². The lowest BCUT2D eigenvalue weighted by molar-refractivity contribution is -0.117. The summed E-state index contributed by atoms with van der Waals surface area (Å²) < 4.78 is 0. The zero-order valence-electron chi connectivity index (χ0n) is 16.9. The molecule has 0 radical (unpaired) electrons. The van der Waals surface area contributed by atoms with E-state index in [2.05, 4.69) is 26.2 Å². The van der Waals surface area contributed by atoms with Crippen molar-refractivity contribution in [1.29, 1.82) is 0 Å². The zero-order chi connectivity index (χ0) is 21.0. The number of nitrogens with zero attached hydrogens (tertiary/aromatic N) is 4. The molecule has 0 saturated carbocycles. The van der Waals surface area contributed by atoms with Crippen molar-refractivity contribution in [2.75, 3.05) is 52.1 Å². The van der Waals surface area contributed by atoms with E-state index in [4.69, 9.17) is 11.6 Å². The predicted molar refractivity (Wildman–Crippen MR) is 117 cm³/mol. The van der Waals surface area contributed by atoms with Gasteiger partial charge in [0.25, 0.3) is 5.91 Å². The van der Waals surface area contributed by atoms with Gasteiger partial charge in [0.2, 0.25) is 5.91 Å². The average Bonchev–Trinajstić information content (AvgIpc) is 3.02. The number of benzene rings is 1. The molecule has 0 spiro atoms. The minimum atomic E-state index is -0.106. The molecular formula is C20H26ClN5O2S. The molecule has 0 bridgehead atoms. The van der Waals surface area contributed by atoms with Crippen LogP contribution >= 0.6 is 22.9 Å². The maximum absolute atomic E-state index is 12.4. The Labute approximate surface area is 180 Å². The second-order valence-corrected chi connectivity index (χ2v) is 8.80. The van der Waals surface area contributed by atoms with Crippen LogP contribution in [0.25, 0.3) is 0 Å². The van der Waals surface area contributed by atoms with Crippen LogP contribution in [0.1, 0.15) is 20.9 Å². The van der Waals surface area contributed by atoms with Crippen molar-refractivity contribution in [3.63, 3.8) is 0 Å². The van der Waals surface area contributed by atoms with Crippen molar-refractivity contribution < 1.29 is 9.59 Å². The van der Waals surface area contributed by atoms with E-state index in [9.17, 15) is 9.59 Å². The Morgan fingerprint density at radius 3 is 2.55 bits per heavy atom. The van der Waals surface area contributed by atoms with E-state index in [-0.39, 0.29) is 11.8 Å². The van der Waals surface area contributed by atoms with Crippen molar-refractivity contribution in [2.45, 2.75) is 13.5 Å². The van der Waals surface area contributed by atoms with Crippen LogP contribution in [-0.2, 0) is 11.3 Å². The molecule has 3 rings (SSSR count). The first-order valence-corrected chi connectivity index (χ1v) is 10.7. The summed E-state index contributed by atoms with van der Waals surface area (Å²) in [5.74, 6) is -0.206. The maximum Gasteiger partial charge on any atom is 0.265 e. The first-order valence-electron chi connectivity index (χ1n) is 9.50. The number of nitrogens with one attached hydrogen (secondary N) is 1. The van der Waals surface area contributed by atoms with E-state index in [1.165, 1.54) is 21.8 Å². The number of hydrogen-bond acceptors (Lipinski definition) is 6. The minimum Gasteiger partial charge on any atom is -0.344 e. The van der Waals surface area contributed by atoms with E-state index >= 15 is 0 Å². The second kappa shape index (κ2) is 9.67. The van der Waals surface area contributed by atoms with E-state index in [0.717, 1.165) is 37.7 Å². The van der Waals surface area contributed by atoms with Crippen molar-refractivity contribution in [3.05, 3.63) is 45.4 Å². The van der Waals surface area contributed by atoms with Crippen LogP contribution in [0.4, 0.5) is 5.13 Å². The van der Waals surface area contributed by atoms with Gasteiger partial charge in [0.15, 0.2) is 5.13 Å². The number of rotatable bonds is 6. The van der Waals surface area contributed by atoms with Crippen LogP contribution in [-0.4, -0.2) is 78.3 Å². The van der Waals surface area contributed by atoms with Crippen LogP contribution in [0.2, 0.25) is 5.02 Å². The lowest BCUT2D eigenvalue weighted by atomic mass is 10.2. The number of amides is 2. The van der Waals surface area contributed by atoms with Gasteiger partial charge in [-0.2, -0.15) is 0 Å². The smallest absolute Gasteiger partial charge is 0.265 e. The fourth-order valence-corrected chi connectivity index (χ4v) is 4.43. The highest BCUT2D eigenvalue weighted by Crippen LogP contribution is 2.23. The molecular weight excluding hydrogens is 410 g/mol. The lowest BCUT2D eigenvalue weighted by Crippen LogP contribution is -2.48. The molecule has 1 saturated heterocycles. The normalized spacial score (nSPS) is 15.3. The summed E-state index contributed by atoms with van der Waals surface area (Å²) in [5, 5.41) is 4.05. The summed E-state index contributed by atoms with van der Waals surface area (Å²) in [4.78, 5) is 35.4. The van der Waals surface area contributed by atoms with Crippen molar-refractivity contribution in [3.8, 4) is 0 Å². The fourth-order valence-electron chi connectivity index (χ4n) is 3.21. The van der Waals surface area contributed by atoms with E-state index in [1.807, 2.05) is 18.2 Å². The third kappa shape index (κ3) is 5.99. The van der Waals surface area contributed by atoms with Crippen LogP contribution in [0, 0.1) is 6.92 Å². The maximum atomic E-state index is 12.4. The van der Waals surface area contributed by atoms with Crippen molar-refractivity contribution >= 4 is 39.9 Å². The SMILES string of the molecule is Cc1nc(NC(=O)CN2CCN(Cc3cccc(Cl)c3)CC2)sc1C(=O)N(C)C. The van der Waals surface area contributed by atoms with Gasteiger partial charge >= 0.3 is 0 Å². The van der Waals surface area contributed by atoms with Gasteiger partial charge in [-0.3, -0.25) is 19.4 Å². The Balaban J connectivity index is 1.46. The van der Waals surface area contributed by atoms with Gasteiger partial charge in [0.05, 0.1) is 12.2 Å². The molecule has 1 fully saturated rings. The second-order valence-electron chi connectivity index (χ2n) is 7.36. The molecule has 1 aliphatic heterocycles. The number of anilines is 1. The number of thiazole rings is 1. The molecule has 2 amide bonds. The Morgan fingerprint density at radius 1 is 1.21 bits per heavy atom. The molecule has 1 aliphatic rings. The lowest BCUT2D eigenvalue weighted by Gasteiger charge is -2.34. The van der Waals surface area contributed by atoms with E-state index < -0.39 is 0 Å². The summed E-state index contributed by atoms with van der Waals surface area (Å²) in [7, 11) is 3.40. The number of halogens is 1. The van der Waals surface area contributed by atoms with Gasteiger partial charge in [-0.25, -0.2) is 4.98 Å². The van der Waals surface area contributed by atoms with Crippen LogP contribution in [0.3, 0.4) is 0 Å². The highest BCUT2D eigenvalue weighted by Gasteiger charge is 2.21. The third-order valence-corrected chi connectivity index (χ3v) is 6.07. The fraction of sp³-hybridized carbons (Fsp3) is 0.450. The predicted octanol–water partition coefficient (Wildman–Crippen LogP) is 2.56. The number of hydrogen-bond donors (Lipinski definition) is 1. The molecule has 2 aromatic rings. The third-order valence-electron chi connectivity index (χ3n) is 4.77. The molecule has 156 valence electrons. The minimum absolute atomic E-state index is 0.101. The molecule has 0 unspecified atom stereocenters. The van der Waals surface area contributed by atoms with E-state index in [1.54, 1.807) is 21.0 Å². The number of piperazine rings is 1. The van der Waals surface area contributed by atoms with Gasteiger partial charge in [0.1, 0.15) is 4.88 Å². The molecule has 0 atom stereocenters. The zero-order valence-corrected chi connectivity index (χ0v) is 18.5. The Morgan fingerprint density at radius 2 is 1.90 bits per heavy atom. The molecule has 29 heavy (non-hydrogen) atoms. The largest absolute Gasteiger partial charge is 0.344 e. The van der Waals surface area contributed by atoms with Gasteiger partial charge in [-0.15, -0.1) is 0 Å². The summed E-state index contributed by atoms with van der Waals surface area (Å²) in [6.45, 7) is 6.42. The molecule has 7 nitrogen and oxygen atoms in total. The van der Waals surface area contributed by atoms with Crippen LogP contribution in [0.5, 0.6) is 0 Å². The van der Waals surface area contributed by atoms with Crippen molar-refractivity contribution in [1.82, 2.24) is 19.7 Å². The van der Waals surface area contributed by atoms with Gasteiger partial charge < -0.3 is 10.2 Å². The van der Waals surface area contributed by atoms with Crippen LogP contribution in [0.15, 0.2) is 24.3 Å². The molecule has 9 heteroatoms. The first-order chi connectivity index (χ1) is 13.8. The standard InChI is InChI=1S/C20H26ClN5O2S/c1-14-18(19(28)24(2)3)29-20(22-14)23-17(27)13-26-9-7-25(8-10-26)12-15-5-4-6-16(21)11-15/h4-6,11H,7-10,12-13H2,1-3H3,(H,22,23,27). The number of aromatic nitrogens is 1. The quantitative estimate of drug-likeness (QED) is 0.755. The van der Waals surface area contributed by atoms with Gasteiger partial charge in [-0.1, -0.05) is 35.1 Å². The number of carbonyl (C=O) groups is 2. The highest BCUT2D eigenvalue weighted by molar-refractivity contribution is 7.17. The summed E-state index contributed by atoms with van der Waals surface area (Å²) in [6, 6.07) is 7.92. The Kier molecular flexibility index (Phi) is 7.23. The number of aryl methyl sites for hydroxylation is 1. The van der Waals surface area contributed by atoms with E-state index in [0.29, 0.717) is 22.2 Å². The van der Waals surface area contributed by atoms with Crippen molar-refractivity contribution in [2.24, 2.45) is 0 Å². The molecule has 0 aliphatic carbocycles. The first kappa shape index (κ1) is 21.7. The molecule has 1 aromatic heterocycles. The molecule has 2 heterocycles. The highest BCUT2D eigenvalue weighted by atomic mass is 35.5. The summed E-state index contributed by atoms with van der Waals surface area (Å²) in [6.07, 6.45) is 0. The Hall–Kier alpha value is -2.00. The Bertz CT molecular complexity index is 878. The monoisotopic (exact) mass is 435 g/mol. The average molecular weight is 436 g/mol. The molecule has 1 N–H and O–H groups in total. The number of carbonyl (C=O) groups excluding carboxylic acids is 2. The van der Waals surface area contributed by atoms with Gasteiger partial charge in [-0.05, 0) is 24.6 Å². The summed E-state index contributed by atoms with van der Waals surface area (Å²) in [5.41, 5.74) is 1.84. The van der Waals surface area contributed by atoms with Gasteiger partial charge in [0, 0.05) is 51.8 Å². The summed E-state index contributed by atoms with van der Waals surface area (Å²) >= 11 is 7.27.